The summed E-state index contributed by atoms with van der Waals surface area (Å²) in [7, 11) is 0. The van der Waals surface area contributed by atoms with E-state index in [0.717, 1.165) is 30.5 Å². The second-order valence-electron chi connectivity index (χ2n) is 6.97. The molecule has 1 aromatic carbocycles. The van der Waals surface area contributed by atoms with E-state index < -0.39 is 0 Å². The number of nitrogens with two attached hydrogens (primary N) is 2. The molecule has 4 heteroatoms. The number of rotatable bonds is 8. The van der Waals surface area contributed by atoms with Crippen molar-refractivity contribution in [2.75, 3.05) is 18.0 Å². The van der Waals surface area contributed by atoms with Crippen LogP contribution >= 0.6 is 0 Å². The van der Waals surface area contributed by atoms with Crippen molar-refractivity contribution in [2.45, 2.75) is 46.0 Å². The molecule has 1 aliphatic rings. The zero-order valence-electron chi connectivity index (χ0n) is 17.5. The van der Waals surface area contributed by atoms with Crippen LogP contribution in [0.4, 0.5) is 5.69 Å². The van der Waals surface area contributed by atoms with Crippen LogP contribution < -0.4 is 16.4 Å². The summed E-state index contributed by atoms with van der Waals surface area (Å²) in [5.41, 5.74) is 17.8. The number of benzene rings is 1. The van der Waals surface area contributed by atoms with Gasteiger partial charge in [0.2, 0.25) is 0 Å². The fraction of sp³-hybridized carbons (Fsp3) is 0.375. The third-order valence-electron chi connectivity index (χ3n) is 4.92. The van der Waals surface area contributed by atoms with E-state index in [2.05, 4.69) is 61.9 Å². The highest BCUT2D eigenvalue weighted by atomic mass is 15.1. The standard InChI is InChI=1S/C23H32N2.CH4N2/c1-5-20(15-18(3)17-24)16-21-11-13-22(14-12-21)25(6-2)23-10-8-7-9-19(23)4;2-1-3/h5,11-15H,1,3,6-10,16-17,24H2,2,4H3;1H,(H3,2,3)/b20-15+;. The van der Waals surface area contributed by atoms with Crippen LogP contribution in [0.2, 0.25) is 0 Å². The Morgan fingerprint density at radius 3 is 2.32 bits per heavy atom. The van der Waals surface area contributed by atoms with Crippen LogP contribution in [0.15, 0.2) is 72.0 Å². The minimum absolute atomic E-state index is 0.482. The van der Waals surface area contributed by atoms with Gasteiger partial charge in [0.1, 0.15) is 0 Å². The van der Waals surface area contributed by atoms with Crippen LogP contribution in [0.1, 0.15) is 45.1 Å². The lowest BCUT2D eigenvalue weighted by atomic mass is 9.96. The molecule has 0 aliphatic heterocycles. The second-order valence-corrected chi connectivity index (χ2v) is 6.97. The molecule has 0 radical (unpaired) electrons. The molecule has 1 aliphatic carbocycles. The monoisotopic (exact) mass is 380 g/mol. The molecule has 2 rings (SSSR count). The van der Waals surface area contributed by atoms with Gasteiger partial charge in [0.25, 0.3) is 0 Å². The van der Waals surface area contributed by atoms with Gasteiger partial charge in [-0.05, 0) is 74.8 Å². The van der Waals surface area contributed by atoms with E-state index in [-0.39, 0.29) is 0 Å². The Balaban J connectivity index is 0.00000122. The smallest absolute Gasteiger partial charge is 0.0765 e. The van der Waals surface area contributed by atoms with Crippen molar-refractivity contribution in [2.24, 2.45) is 11.5 Å². The molecule has 0 heterocycles. The van der Waals surface area contributed by atoms with Crippen LogP contribution in [0.5, 0.6) is 0 Å². The molecule has 1 aromatic rings. The molecule has 0 saturated carbocycles. The number of nitrogens with one attached hydrogen (secondary N) is 1. The van der Waals surface area contributed by atoms with Crippen LogP contribution in [-0.4, -0.2) is 19.4 Å². The minimum atomic E-state index is 0.482. The number of hydrogen-bond donors (Lipinski definition) is 3. The topological polar surface area (TPSA) is 79.1 Å². The Kier molecular flexibility index (Phi) is 10.7. The number of hydrogen-bond acceptors (Lipinski definition) is 3. The molecule has 0 saturated heterocycles. The first-order valence-electron chi connectivity index (χ1n) is 9.97. The molecule has 28 heavy (non-hydrogen) atoms. The highest BCUT2D eigenvalue weighted by molar-refractivity contribution is 5.54. The Morgan fingerprint density at radius 2 is 1.82 bits per heavy atom. The first-order chi connectivity index (χ1) is 13.5. The summed E-state index contributed by atoms with van der Waals surface area (Å²) in [6.07, 6.45) is 10.6. The van der Waals surface area contributed by atoms with Crippen molar-refractivity contribution in [3.8, 4) is 0 Å². The van der Waals surface area contributed by atoms with Crippen molar-refractivity contribution in [1.82, 2.24) is 0 Å². The predicted molar refractivity (Wildman–Crippen MR) is 124 cm³/mol. The molecule has 4 nitrogen and oxygen atoms in total. The lowest BCUT2D eigenvalue weighted by Gasteiger charge is -2.31. The van der Waals surface area contributed by atoms with Gasteiger partial charge in [0.15, 0.2) is 0 Å². The summed E-state index contributed by atoms with van der Waals surface area (Å²) in [6, 6.07) is 8.93. The first-order valence-corrected chi connectivity index (χ1v) is 9.97. The fourth-order valence-corrected chi connectivity index (χ4v) is 3.47. The largest absolute Gasteiger partial charge is 0.390 e. The van der Waals surface area contributed by atoms with Gasteiger partial charge in [-0.1, -0.05) is 43.0 Å². The maximum atomic E-state index is 5.86. The van der Waals surface area contributed by atoms with Gasteiger partial charge in [-0.2, -0.15) is 0 Å². The number of nitrogens with zero attached hydrogens (tertiary/aromatic N) is 1. The zero-order valence-corrected chi connectivity index (χ0v) is 17.5. The molecular formula is C24H36N4. The predicted octanol–water partition coefficient (Wildman–Crippen LogP) is 5.08. The molecule has 0 unspecified atom stereocenters. The zero-order chi connectivity index (χ0) is 20.9. The summed E-state index contributed by atoms with van der Waals surface area (Å²) in [5.74, 6) is 0. The summed E-state index contributed by atoms with van der Waals surface area (Å²) in [6.45, 7) is 13.9. The average molecular weight is 381 g/mol. The van der Waals surface area contributed by atoms with E-state index in [4.69, 9.17) is 11.1 Å². The van der Waals surface area contributed by atoms with Gasteiger partial charge in [-0.25, -0.2) is 0 Å². The third kappa shape index (κ3) is 7.20. The van der Waals surface area contributed by atoms with Gasteiger partial charge >= 0.3 is 0 Å². The molecular weight excluding hydrogens is 344 g/mol. The van der Waals surface area contributed by atoms with Crippen LogP contribution in [0, 0.1) is 5.41 Å². The Bertz CT molecular complexity index is 711. The molecule has 0 spiro atoms. The van der Waals surface area contributed by atoms with Crippen LogP contribution in [0.25, 0.3) is 0 Å². The van der Waals surface area contributed by atoms with E-state index in [9.17, 15) is 0 Å². The summed E-state index contributed by atoms with van der Waals surface area (Å²) >= 11 is 0. The van der Waals surface area contributed by atoms with Crippen molar-refractivity contribution in [3.05, 3.63) is 77.6 Å². The van der Waals surface area contributed by atoms with Crippen molar-refractivity contribution in [1.29, 1.82) is 5.41 Å². The Hall–Kier alpha value is -2.59. The van der Waals surface area contributed by atoms with E-state index in [1.54, 1.807) is 5.57 Å². The maximum absolute atomic E-state index is 5.86. The molecule has 152 valence electrons. The van der Waals surface area contributed by atoms with Crippen LogP contribution in [-0.2, 0) is 6.42 Å². The lowest BCUT2D eigenvalue weighted by Crippen LogP contribution is -2.24. The van der Waals surface area contributed by atoms with Crippen LogP contribution in [0.3, 0.4) is 0 Å². The third-order valence-corrected chi connectivity index (χ3v) is 4.92. The normalized spacial score (nSPS) is 14.0. The van der Waals surface area contributed by atoms with Gasteiger partial charge in [0, 0.05) is 24.5 Å². The fourth-order valence-electron chi connectivity index (χ4n) is 3.47. The molecule has 0 bridgehead atoms. The van der Waals surface area contributed by atoms with E-state index in [1.165, 1.54) is 42.6 Å². The van der Waals surface area contributed by atoms with E-state index in [1.807, 2.05) is 12.2 Å². The summed E-state index contributed by atoms with van der Waals surface area (Å²) in [5, 5.41) is 5.86. The first kappa shape index (κ1) is 23.4. The van der Waals surface area contributed by atoms with E-state index in [0.29, 0.717) is 6.54 Å². The van der Waals surface area contributed by atoms with Crippen molar-refractivity contribution >= 4 is 12.0 Å². The molecule has 5 N–H and O–H groups in total. The van der Waals surface area contributed by atoms with Gasteiger partial charge in [-0.15, -0.1) is 0 Å². The average Bonchev–Trinajstić information content (AvgIpc) is 2.71. The lowest BCUT2D eigenvalue weighted by molar-refractivity contribution is 0.649. The van der Waals surface area contributed by atoms with Gasteiger partial charge in [0.05, 0.1) is 6.34 Å². The highest BCUT2D eigenvalue weighted by Gasteiger charge is 2.16. The number of anilines is 1. The minimum Gasteiger partial charge on any atom is -0.390 e. The number of allylic oxidation sites excluding steroid dienone is 4. The second kappa shape index (κ2) is 12.7. The molecule has 0 atom stereocenters. The highest BCUT2D eigenvalue weighted by Crippen LogP contribution is 2.31. The quantitative estimate of drug-likeness (QED) is 0.334. The molecule has 0 amide bonds. The Morgan fingerprint density at radius 1 is 1.21 bits per heavy atom. The molecule has 0 fully saturated rings. The summed E-state index contributed by atoms with van der Waals surface area (Å²) in [4.78, 5) is 2.47. The maximum Gasteiger partial charge on any atom is 0.0765 e. The van der Waals surface area contributed by atoms with Gasteiger partial charge in [-0.3, -0.25) is 5.41 Å². The summed E-state index contributed by atoms with van der Waals surface area (Å²) < 4.78 is 0. The van der Waals surface area contributed by atoms with Gasteiger partial charge < -0.3 is 16.4 Å². The van der Waals surface area contributed by atoms with E-state index >= 15 is 0 Å². The van der Waals surface area contributed by atoms with Crippen molar-refractivity contribution in [3.63, 3.8) is 0 Å². The SMILES string of the molecule is C=C/C(=C\C(=C)CN)Cc1ccc(N(CC)C2=C(C)CCCC2)cc1.N=CN. The molecule has 0 aromatic heterocycles. The van der Waals surface area contributed by atoms with Crippen molar-refractivity contribution < 1.29 is 0 Å². The Labute approximate surface area is 170 Å².